The Morgan fingerprint density at radius 3 is 2.00 bits per heavy atom. The molecule has 0 spiro atoms. The summed E-state index contributed by atoms with van der Waals surface area (Å²) < 4.78 is 15.4. The minimum Gasteiger partial charge on any atom is -0.476 e. The van der Waals surface area contributed by atoms with E-state index in [2.05, 4.69) is 5.32 Å². The van der Waals surface area contributed by atoms with E-state index in [4.69, 9.17) is 14.2 Å². The third-order valence-corrected chi connectivity index (χ3v) is 4.27. The predicted molar refractivity (Wildman–Crippen MR) is 100 cm³/mol. The van der Waals surface area contributed by atoms with Gasteiger partial charge in [-0.3, -0.25) is 4.79 Å². The maximum Gasteiger partial charge on any atom is 0.338 e. The molecule has 0 radical (unpaired) electrons. The quantitative estimate of drug-likeness (QED) is 0.739. The van der Waals surface area contributed by atoms with Gasteiger partial charge in [-0.1, -0.05) is 30.3 Å². The summed E-state index contributed by atoms with van der Waals surface area (Å²) in [6.07, 6.45) is 0.954. The molecule has 2 aromatic rings. The summed E-state index contributed by atoms with van der Waals surface area (Å²) >= 11 is 0. The number of methoxy groups -OCH3 is 2. The van der Waals surface area contributed by atoms with Gasteiger partial charge in [-0.15, -0.1) is 0 Å². The number of carbonyl (C=O) groups is 3. The summed E-state index contributed by atoms with van der Waals surface area (Å²) in [5.41, 5.74) is 0.897. The van der Waals surface area contributed by atoms with Gasteiger partial charge >= 0.3 is 11.9 Å². The predicted octanol–water partition coefficient (Wildman–Crippen LogP) is 2.66. The average Bonchev–Trinajstić information content (AvgIpc) is 3.55. The zero-order valence-corrected chi connectivity index (χ0v) is 15.6. The molecule has 146 valence electrons. The molecule has 1 amide bonds. The maximum atomic E-state index is 12.7. The summed E-state index contributed by atoms with van der Waals surface area (Å²) in [4.78, 5) is 36.7. The van der Waals surface area contributed by atoms with Crippen molar-refractivity contribution in [1.29, 1.82) is 0 Å². The second-order valence-corrected chi connectivity index (χ2v) is 6.42. The van der Waals surface area contributed by atoms with E-state index in [1.807, 2.05) is 6.07 Å². The highest BCUT2D eigenvalue weighted by atomic mass is 16.5. The Kier molecular flexibility index (Phi) is 5.93. The molecule has 1 aliphatic rings. The van der Waals surface area contributed by atoms with Crippen molar-refractivity contribution in [3.05, 3.63) is 65.2 Å². The standard InChI is InChI=1S/C21H21NO6/c1-26-20(24)14-10-15(21(25)27-2)12-17(11-14)28-18(13-6-4-3-5-7-13)19(23)22-16-8-9-16/h3-7,10-12,16,18H,8-9H2,1-2H3,(H,22,23)/t18-/m1/s1. The Bertz CT molecular complexity index is 841. The van der Waals surface area contributed by atoms with Crippen molar-refractivity contribution in [3.63, 3.8) is 0 Å². The van der Waals surface area contributed by atoms with Gasteiger partial charge in [-0.25, -0.2) is 9.59 Å². The molecule has 3 rings (SSSR count). The van der Waals surface area contributed by atoms with Gasteiger partial charge in [0.05, 0.1) is 25.3 Å². The molecule has 0 bridgehead atoms. The van der Waals surface area contributed by atoms with E-state index in [1.54, 1.807) is 24.3 Å². The molecule has 0 aromatic heterocycles. The molecule has 0 unspecified atom stereocenters. The summed E-state index contributed by atoms with van der Waals surface area (Å²) in [5, 5.41) is 2.92. The van der Waals surface area contributed by atoms with E-state index in [0.29, 0.717) is 5.56 Å². The molecule has 1 atom stereocenters. The lowest BCUT2D eigenvalue weighted by molar-refractivity contribution is -0.128. The van der Waals surface area contributed by atoms with Crippen molar-refractivity contribution in [2.24, 2.45) is 0 Å². The molecule has 7 heteroatoms. The topological polar surface area (TPSA) is 90.9 Å². The van der Waals surface area contributed by atoms with E-state index in [9.17, 15) is 14.4 Å². The fourth-order valence-corrected chi connectivity index (χ4v) is 2.68. The van der Waals surface area contributed by atoms with Crippen LogP contribution in [0, 0.1) is 0 Å². The van der Waals surface area contributed by atoms with Crippen molar-refractivity contribution in [3.8, 4) is 5.75 Å². The van der Waals surface area contributed by atoms with Crippen LogP contribution in [0.4, 0.5) is 0 Å². The Hall–Kier alpha value is -3.35. The summed E-state index contributed by atoms with van der Waals surface area (Å²) in [7, 11) is 2.48. The molecule has 1 fully saturated rings. The molecule has 1 N–H and O–H groups in total. The Morgan fingerprint density at radius 2 is 1.50 bits per heavy atom. The van der Waals surface area contributed by atoms with Crippen LogP contribution in [0.15, 0.2) is 48.5 Å². The van der Waals surface area contributed by atoms with Crippen LogP contribution in [0.1, 0.15) is 45.2 Å². The smallest absolute Gasteiger partial charge is 0.338 e. The highest BCUT2D eigenvalue weighted by Crippen LogP contribution is 2.27. The average molecular weight is 383 g/mol. The van der Waals surface area contributed by atoms with E-state index in [0.717, 1.165) is 12.8 Å². The SMILES string of the molecule is COC(=O)c1cc(O[C@@H](C(=O)NC2CC2)c2ccccc2)cc(C(=O)OC)c1. The number of amides is 1. The van der Waals surface area contributed by atoms with Crippen molar-refractivity contribution in [1.82, 2.24) is 5.32 Å². The fourth-order valence-electron chi connectivity index (χ4n) is 2.68. The van der Waals surface area contributed by atoms with Gasteiger partial charge < -0.3 is 19.5 Å². The number of carbonyl (C=O) groups excluding carboxylic acids is 3. The number of rotatable bonds is 7. The van der Waals surface area contributed by atoms with Crippen LogP contribution < -0.4 is 10.1 Å². The van der Waals surface area contributed by atoms with Crippen LogP contribution in [0.25, 0.3) is 0 Å². The molecule has 0 heterocycles. The van der Waals surface area contributed by atoms with Gasteiger partial charge in [-0.2, -0.15) is 0 Å². The first kappa shape index (κ1) is 19.4. The van der Waals surface area contributed by atoms with Crippen molar-refractivity contribution >= 4 is 17.8 Å². The molecule has 0 saturated heterocycles. The van der Waals surface area contributed by atoms with Crippen molar-refractivity contribution in [2.45, 2.75) is 25.0 Å². The molecule has 7 nitrogen and oxygen atoms in total. The number of hydrogen-bond donors (Lipinski definition) is 1. The minimum atomic E-state index is -0.930. The molecule has 28 heavy (non-hydrogen) atoms. The lowest BCUT2D eigenvalue weighted by Gasteiger charge is -2.20. The second kappa shape index (κ2) is 8.56. The van der Waals surface area contributed by atoms with E-state index in [1.165, 1.54) is 32.4 Å². The summed E-state index contributed by atoms with van der Waals surface area (Å²) in [6, 6.07) is 13.4. The van der Waals surface area contributed by atoms with Crippen molar-refractivity contribution < 1.29 is 28.6 Å². The van der Waals surface area contributed by atoms with Gasteiger partial charge in [0.15, 0.2) is 0 Å². The first-order chi connectivity index (χ1) is 13.5. The lowest BCUT2D eigenvalue weighted by atomic mass is 10.1. The molecular formula is C21H21NO6. The van der Waals surface area contributed by atoms with E-state index < -0.39 is 18.0 Å². The normalized spacial score (nSPS) is 13.9. The molecule has 1 aliphatic carbocycles. The highest BCUT2D eigenvalue weighted by molar-refractivity contribution is 5.96. The Labute approximate surface area is 162 Å². The minimum absolute atomic E-state index is 0.120. The van der Waals surface area contributed by atoms with Gasteiger partial charge in [0, 0.05) is 11.6 Å². The second-order valence-electron chi connectivity index (χ2n) is 6.42. The van der Waals surface area contributed by atoms with Crippen LogP contribution in [-0.4, -0.2) is 38.1 Å². The van der Waals surface area contributed by atoms with Crippen LogP contribution in [0.3, 0.4) is 0 Å². The zero-order chi connectivity index (χ0) is 20.1. The fraction of sp³-hybridized carbons (Fsp3) is 0.286. The number of benzene rings is 2. The van der Waals surface area contributed by atoms with Gasteiger partial charge in [0.25, 0.3) is 5.91 Å². The molecule has 1 saturated carbocycles. The largest absolute Gasteiger partial charge is 0.476 e. The third-order valence-electron chi connectivity index (χ3n) is 4.27. The highest BCUT2D eigenvalue weighted by Gasteiger charge is 2.30. The summed E-state index contributed by atoms with van der Waals surface area (Å²) in [5.74, 6) is -1.36. The van der Waals surface area contributed by atoms with Crippen LogP contribution in [-0.2, 0) is 14.3 Å². The van der Waals surface area contributed by atoms with Gasteiger partial charge in [0.1, 0.15) is 5.75 Å². The number of hydrogen-bond acceptors (Lipinski definition) is 6. The monoisotopic (exact) mass is 383 g/mol. The van der Waals surface area contributed by atoms with Crippen molar-refractivity contribution in [2.75, 3.05) is 14.2 Å². The molecule has 2 aromatic carbocycles. The van der Waals surface area contributed by atoms with E-state index in [-0.39, 0.29) is 28.8 Å². The number of nitrogens with one attached hydrogen (secondary N) is 1. The van der Waals surface area contributed by atoms with Gasteiger partial charge in [0.2, 0.25) is 6.10 Å². The Balaban J connectivity index is 1.95. The zero-order valence-electron chi connectivity index (χ0n) is 15.6. The first-order valence-corrected chi connectivity index (χ1v) is 8.85. The Morgan fingerprint density at radius 1 is 0.929 bits per heavy atom. The lowest BCUT2D eigenvalue weighted by Crippen LogP contribution is -2.34. The van der Waals surface area contributed by atoms with Crippen LogP contribution in [0.5, 0.6) is 5.75 Å². The van der Waals surface area contributed by atoms with E-state index >= 15 is 0 Å². The number of esters is 2. The third kappa shape index (κ3) is 4.68. The molecule has 0 aliphatic heterocycles. The first-order valence-electron chi connectivity index (χ1n) is 8.85. The summed E-state index contributed by atoms with van der Waals surface area (Å²) in [6.45, 7) is 0. The maximum absolute atomic E-state index is 12.7. The van der Waals surface area contributed by atoms with Gasteiger partial charge in [-0.05, 0) is 31.0 Å². The molecular weight excluding hydrogens is 362 g/mol. The van der Waals surface area contributed by atoms with Crippen LogP contribution in [0.2, 0.25) is 0 Å². The number of ether oxygens (including phenoxy) is 3. The van der Waals surface area contributed by atoms with Crippen LogP contribution >= 0.6 is 0 Å².